The largest absolute Gasteiger partial charge is 0.356 e. The molecule has 0 saturated carbocycles. The van der Waals surface area contributed by atoms with Gasteiger partial charge in [-0.2, -0.15) is 0 Å². The molecule has 0 spiro atoms. The van der Waals surface area contributed by atoms with E-state index in [2.05, 4.69) is 16.0 Å². The maximum absolute atomic E-state index is 12.3. The van der Waals surface area contributed by atoms with E-state index in [-0.39, 0.29) is 12.3 Å². The van der Waals surface area contributed by atoms with E-state index in [0.717, 1.165) is 36.7 Å². The van der Waals surface area contributed by atoms with Crippen molar-refractivity contribution in [2.45, 2.75) is 31.7 Å². The fourth-order valence-corrected chi connectivity index (χ4v) is 4.25. The molecule has 2 amide bonds. The third kappa shape index (κ3) is 4.34. The Labute approximate surface area is 154 Å². The van der Waals surface area contributed by atoms with Gasteiger partial charge in [-0.3, -0.25) is 13.9 Å². The van der Waals surface area contributed by atoms with Crippen molar-refractivity contribution in [2.24, 2.45) is 5.92 Å². The van der Waals surface area contributed by atoms with Crippen LogP contribution < -0.4 is 20.3 Å². The molecule has 9 heteroatoms. The van der Waals surface area contributed by atoms with Crippen LogP contribution in [0.5, 0.6) is 0 Å². The number of amides is 2. The monoisotopic (exact) mass is 380 g/mol. The molecule has 8 nitrogen and oxygen atoms in total. The maximum Gasteiger partial charge on any atom is 0.248 e. The minimum Gasteiger partial charge on any atom is -0.356 e. The lowest BCUT2D eigenvalue weighted by Crippen LogP contribution is -2.49. The van der Waals surface area contributed by atoms with Crippen molar-refractivity contribution in [1.82, 2.24) is 10.6 Å². The van der Waals surface area contributed by atoms with Crippen molar-refractivity contribution in [2.75, 3.05) is 29.3 Å². The van der Waals surface area contributed by atoms with Gasteiger partial charge in [0.1, 0.15) is 6.04 Å². The zero-order chi connectivity index (χ0) is 18.5. The van der Waals surface area contributed by atoms with Gasteiger partial charge in [-0.25, -0.2) is 8.42 Å². The molecule has 0 aliphatic carbocycles. The average molecular weight is 380 g/mol. The second-order valence-electron chi connectivity index (χ2n) is 6.64. The van der Waals surface area contributed by atoms with Crippen molar-refractivity contribution < 1.29 is 18.0 Å². The van der Waals surface area contributed by atoms with E-state index in [1.165, 1.54) is 0 Å². The Balaban J connectivity index is 1.60. The van der Waals surface area contributed by atoms with Crippen LogP contribution in [-0.2, 0) is 20.5 Å². The number of fused-ring (bicyclic) bond motifs is 1. The summed E-state index contributed by atoms with van der Waals surface area (Å²) in [7, 11) is -3.04. The number of hydrogen-bond donors (Lipinski definition) is 4. The minimum absolute atomic E-state index is 0.199. The summed E-state index contributed by atoms with van der Waals surface area (Å²) in [5.41, 5.74) is 0.815. The molecular weight excluding hydrogens is 356 g/mol. The highest BCUT2D eigenvalue weighted by atomic mass is 32.2. The Morgan fingerprint density at radius 3 is 2.69 bits per heavy atom. The zero-order valence-electron chi connectivity index (χ0n) is 14.4. The van der Waals surface area contributed by atoms with Crippen molar-refractivity contribution in [3.05, 3.63) is 24.3 Å². The average Bonchev–Trinajstić information content (AvgIpc) is 2.63. The SMILES string of the molecule is O=C(CC1C(=O)Nc2ccccc2N1[SH](=O)=O)NCCC1CCNCC1. The van der Waals surface area contributed by atoms with Crippen LogP contribution in [0, 0.1) is 5.92 Å². The fourth-order valence-electron chi connectivity index (χ4n) is 3.49. The number of nitrogens with one attached hydrogen (secondary N) is 3. The summed E-state index contributed by atoms with van der Waals surface area (Å²) in [4.78, 5) is 24.6. The van der Waals surface area contributed by atoms with Crippen molar-refractivity contribution in [1.29, 1.82) is 0 Å². The molecule has 3 rings (SSSR count). The number of carbonyl (C=O) groups is 2. The number of nitrogens with zero attached hydrogens (tertiary/aromatic N) is 1. The summed E-state index contributed by atoms with van der Waals surface area (Å²) in [5, 5.41) is 8.79. The molecule has 0 aromatic heterocycles. The fraction of sp³-hybridized carbons (Fsp3) is 0.529. The highest BCUT2D eigenvalue weighted by Gasteiger charge is 2.36. The van der Waals surface area contributed by atoms with Crippen molar-refractivity contribution in [3.8, 4) is 0 Å². The van der Waals surface area contributed by atoms with Crippen molar-refractivity contribution >= 4 is 34.1 Å². The number of para-hydroxylation sites is 2. The van der Waals surface area contributed by atoms with E-state index in [0.29, 0.717) is 23.8 Å². The van der Waals surface area contributed by atoms with E-state index in [1.807, 2.05) is 0 Å². The van der Waals surface area contributed by atoms with Gasteiger partial charge in [0, 0.05) is 6.54 Å². The summed E-state index contributed by atoms with van der Waals surface area (Å²) in [6.07, 6.45) is 2.90. The van der Waals surface area contributed by atoms with Gasteiger partial charge in [0.25, 0.3) is 0 Å². The lowest BCUT2D eigenvalue weighted by molar-refractivity contribution is -0.125. The van der Waals surface area contributed by atoms with Gasteiger partial charge in [0.2, 0.25) is 22.7 Å². The molecule has 1 aromatic carbocycles. The molecule has 1 aromatic rings. The van der Waals surface area contributed by atoms with Crippen LogP contribution in [-0.4, -0.2) is 45.9 Å². The van der Waals surface area contributed by atoms with Crippen LogP contribution in [0.3, 0.4) is 0 Å². The molecule has 1 atom stereocenters. The first kappa shape index (κ1) is 18.7. The van der Waals surface area contributed by atoms with Crippen LogP contribution in [0.15, 0.2) is 24.3 Å². The molecule has 1 unspecified atom stereocenters. The van der Waals surface area contributed by atoms with Crippen LogP contribution in [0.2, 0.25) is 0 Å². The predicted octanol–water partition coefficient (Wildman–Crippen LogP) is 0.236. The first-order chi connectivity index (χ1) is 12.6. The van der Waals surface area contributed by atoms with Gasteiger partial charge < -0.3 is 16.0 Å². The summed E-state index contributed by atoms with van der Waals surface area (Å²) in [6.45, 7) is 2.55. The molecule has 26 heavy (non-hydrogen) atoms. The Bertz CT molecular complexity index is 738. The second kappa shape index (κ2) is 8.50. The number of rotatable bonds is 6. The van der Waals surface area contributed by atoms with E-state index in [1.54, 1.807) is 24.3 Å². The number of piperidine rings is 1. The summed E-state index contributed by atoms with van der Waals surface area (Å²) >= 11 is 0. The van der Waals surface area contributed by atoms with E-state index >= 15 is 0 Å². The molecule has 0 bridgehead atoms. The molecule has 1 saturated heterocycles. The number of thiol groups is 1. The first-order valence-electron chi connectivity index (χ1n) is 8.87. The third-order valence-electron chi connectivity index (χ3n) is 4.89. The number of hydrogen-bond acceptors (Lipinski definition) is 5. The molecular formula is C17H24N4O4S. The molecule has 0 radical (unpaired) electrons. The molecule has 142 valence electrons. The highest BCUT2D eigenvalue weighted by Crippen LogP contribution is 2.32. The predicted molar refractivity (Wildman–Crippen MR) is 99.5 cm³/mol. The zero-order valence-corrected chi connectivity index (χ0v) is 15.3. The first-order valence-corrected chi connectivity index (χ1v) is 10.00. The summed E-state index contributed by atoms with van der Waals surface area (Å²) in [5.74, 6) is -0.217. The van der Waals surface area contributed by atoms with Crippen LogP contribution in [0.25, 0.3) is 0 Å². The summed E-state index contributed by atoms with van der Waals surface area (Å²) < 4.78 is 24.5. The maximum atomic E-state index is 12.3. The molecule has 2 aliphatic heterocycles. The lowest BCUT2D eigenvalue weighted by atomic mass is 9.95. The molecule has 3 N–H and O–H groups in total. The van der Waals surface area contributed by atoms with Gasteiger partial charge in [-0.15, -0.1) is 0 Å². The summed E-state index contributed by atoms with van der Waals surface area (Å²) in [6, 6.07) is 5.59. The minimum atomic E-state index is -3.04. The van der Waals surface area contributed by atoms with Gasteiger partial charge in [0.05, 0.1) is 17.8 Å². The van der Waals surface area contributed by atoms with Crippen LogP contribution in [0.4, 0.5) is 11.4 Å². The Hall–Kier alpha value is -2.13. The lowest BCUT2D eigenvalue weighted by Gasteiger charge is -2.33. The number of benzene rings is 1. The third-order valence-corrected chi connectivity index (χ3v) is 5.74. The van der Waals surface area contributed by atoms with Crippen LogP contribution in [0.1, 0.15) is 25.7 Å². The van der Waals surface area contributed by atoms with Crippen LogP contribution >= 0.6 is 0 Å². The topological polar surface area (TPSA) is 108 Å². The number of carbonyl (C=O) groups excluding carboxylic acids is 2. The standard InChI is InChI=1S/C17H24N4O4S/c22-16(19-10-7-12-5-8-18-9-6-12)11-15-17(23)20-13-3-1-2-4-14(13)21(15)26(24)25/h1-4,12,15,18,26H,5-11H2,(H,19,22)(H,20,23). The van der Waals surface area contributed by atoms with Gasteiger partial charge in [-0.05, 0) is 50.4 Å². The number of anilines is 2. The Morgan fingerprint density at radius 2 is 1.96 bits per heavy atom. The van der Waals surface area contributed by atoms with Gasteiger partial charge >= 0.3 is 0 Å². The second-order valence-corrected chi connectivity index (χ2v) is 7.55. The molecule has 2 aliphatic rings. The Kier molecular flexibility index (Phi) is 6.10. The van der Waals surface area contributed by atoms with E-state index < -0.39 is 22.8 Å². The molecule has 2 heterocycles. The smallest absolute Gasteiger partial charge is 0.248 e. The van der Waals surface area contributed by atoms with Gasteiger partial charge in [0.15, 0.2) is 0 Å². The molecule has 1 fully saturated rings. The highest BCUT2D eigenvalue weighted by molar-refractivity contribution is 7.74. The van der Waals surface area contributed by atoms with E-state index in [4.69, 9.17) is 0 Å². The van der Waals surface area contributed by atoms with Crippen molar-refractivity contribution in [3.63, 3.8) is 0 Å². The Morgan fingerprint density at radius 1 is 1.23 bits per heavy atom. The normalized spacial score (nSPS) is 20.6. The van der Waals surface area contributed by atoms with Gasteiger partial charge in [-0.1, -0.05) is 12.1 Å². The van der Waals surface area contributed by atoms with E-state index in [9.17, 15) is 18.0 Å². The quantitative estimate of drug-likeness (QED) is 0.529.